The SMILES string of the molecule is CC(=O)Nc1cccc(-n2c(C)nnc2SCC(=O)N2CC(C)CC(C)C2)c1. The lowest BCUT2D eigenvalue weighted by atomic mass is 9.92. The molecule has 2 atom stereocenters. The Balaban J connectivity index is 1.73. The van der Waals surface area contributed by atoms with Crippen molar-refractivity contribution >= 4 is 29.3 Å². The molecular formula is C20H27N5O2S. The standard InChI is InChI=1S/C20H27N5O2S/c1-13-8-14(2)11-24(10-13)19(27)12-28-20-23-22-15(3)25(20)18-7-5-6-17(9-18)21-16(4)26/h5-7,9,13-14H,8,10-12H2,1-4H3,(H,21,26). The summed E-state index contributed by atoms with van der Waals surface area (Å²) < 4.78 is 1.91. The number of nitrogens with zero attached hydrogens (tertiary/aromatic N) is 4. The van der Waals surface area contributed by atoms with Crippen LogP contribution in [0.3, 0.4) is 0 Å². The highest BCUT2D eigenvalue weighted by molar-refractivity contribution is 7.99. The van der Waals surface area contributed by atoms with Gasteiger partial charge in [-0.2, -0.15) is 0 Å². The van der Waals surface area contributed by atoms with Gasteiger partial charge in [0.15, 0.2) is 5.16 Å². The number of carbonyl (C=O) groups excluding carboxylic acids is 2. The maximum atomic E-state index is 12.7. The number of carbonyl (C=O) groups is 2. The molecule has 150 valence electrons. The van der Waals surface area contributed by atoms with Gasteiger partial charge in [-0.1, -0.05) is 31.7 Å². The topological polar surface area (TPSA) is 80.1 Å². The number of aromatic nitrogens is 3. The first-order valence-corrected chi connectivity index (χ1v) is 10.5. The van der Waals surface area contributed by atoms with Crippen molar-refractivity contribution in [2.75, 3.05) is 24.2 Å². The Kier molecular flexibility index (Phi) is 6.39. The molecule has 2 heterocycles. The zero-order chi connectivity index (χ0) is 20.3. The number of hydrogen-bond donors (Lipinski definition) is 1. The Hall–Kier alpha value is -2.35. The third kappa shape index (κ3) is 4.92. The predicted octanol–water partition coefficient (Wildman–Crippen LogP) is 3.13. The maximum Gasteiger partial charge on any atom is 0.233 e. The lowest BCUT2D eigenvalue weighted by Crippen LogP contribution is -2.43. The molecule has 1 fully saturated rings. The van der Waals surface area contributed by atoms with Crippen LogP contribution in [0.1, 0.15) is 33.0 Å². The highest BCUT2D eigenvalue weighted by Gasteiger charge is 2.25. The smallest absolute Gasteiger partial charge is 0.233 e. The second kappa shape index (κ2) is 8.77. The number of anilines is 1. The van der Waals surface area contributed by atoms with Crippen LogP contribution in [-0.4, -0.2) is 50.3 Å². The average molecular weight is 402 g/mol. The summed E-state index contributed by atoms with van der Waals surface area (Å²) in [5, 5.41) is 11.9. The Labute approximate surface area is 169 Å². The second-order valence-corrected chi connectivity index (χ2v) is 8.57. The van der Waals surface area contributed by atoms with E-state index in [0.29, 0.717) is 28.4 Å². The van der Waals surface area contributed by atoms with E-state index >= 15 is 0 Å². The molecule has 1 saturated heterocycles. The fourth-order valence-corrected chi connectivity index (χ4v) is 4.64. The molecular weight excluding hydrogens is 374 g/mol. The van der Waals surface area contributed by atoms with Crippen molar-refractivity contribution in [2.45, 2.75) is 39.3 Å². The van der Waals surface area contributed by atoms with Crippen LogP contribution in [0.15, 0.2) is 29.4 Å². The fourth-order valence-electron chi connectivity index (χ4n) is 3.74. The van der Waals surface area contributed by atoms with Gasteiger partial charge in [0.25, 0.3) is 0 Å². The lowest BCUT2D eigenvalue weighted by molar-refractivity contribution is -0.131. The molecule has 0 radical (unpaired) electrons. The normalized spacial score (nSPS) is 19.5. The van der Waals surface area contributed by atoms with Gasteiger partial charge < -0.3 is 10.2 Å². The summed E-state index contributed by atoms with van der Waals surface area (Å²) in [6, 6.07) is 7.51. The first kappa shape index (κ1) is 20.4. The zero-order valence-electron chi connectivity index (χ0n) is 16.8. The Morgan fingerprint density at radius 3 is 2.61 bits per heavy atom. The Bertz CT molecular complexity index is 856. The molecule has 8 heteroatoms. The van der Waals surface area contributed by atoms with Gasteiger partial charge in [0.05, 0.1) is 11.4 Å². The number of hydrogen-bond acceptors (Lipinski definition) is 5. The molecule has 0 saturated carbocycles. The molecule has 1 aromatic carbocycles. The van der Waals surface area contributed by atoms with Crippen LogP contribution in [0.25, 0.3) is 5.69 Å². The lowest BCUT2D eigenvalue weighted by Gasteiger charge is -2.34. The van der Waals surface area contributed by atoms with E-state index in [2.05, 4.69) is 29.4 Å². The largest absolute Gasteiger partial charge is 0.341 e. The second-order valence-electron chi connectivity index (χ2n) is 7.63. The summed E-state index contributed by atoms with van der Waals surface area (Å²) >= 11 is 1.40. The third-order valence-electron chi connectivity index (χ3n) is 4.77. The highest BCUT2D eigenvalue weighted by atomic mass is 32.2. The van der Waals surface area contributed by atoms with Crippen molar-refractivity contribution in [1.82, 2.24) is 19.7 Å². The van der Waals surface area contributed by atoms with Gasteiger partial charge >= 0.3 is 0 Å². The molecule has 2 aromatic rings. The van der Waals surface area contributed by atoms with E-state index in [0.717, 1.165) is 24.6 Å². The number of aryl methyl sites for hydroxylation is 1. The zero-order valence-corrected chi connectivity index (χ0v) is 17.6. The van der Waals surface area contributed by atoms with E-state index in [1.54, 1.807) is 0 Å². The van der Waals surface area contributed by atoms with Crippen LogP contribution in [0, 0.1) is 18.8 Å². The summed E-state index contributed by atoms with van der Waals surface area (Å²) in [6.07, 6.45) is 1.18. The maximum absolute atomic E-state index is 12.7. The fraction of sp³-hybridized carbons (Fsp3) is 0.500. The van der Waals surface area contributed by atoms with Crippen LogP contribution in [0.4, 0.5) is 5.69 Å². The van der Waals surface area contributed by atoms with Crippen molar-refractivity contribution in [3.05, 3.63) is 30.1 Å². The minimum atomic E-state index is -0.122. The first-order chi connectivity index (χ1) is 13.3. The quantitative estimate of drug-likeness (QED) is 0.779. The molecule has 2 amide bonds. The van der Waals surface area contributed by atoms with Crippen LogP contribution < -0.4 is 5.32 Å². The van der Waals surface area contributed by atoms with Gasteiger partial charge in [0, 0.05) is 25.7 Å². The van der Waals surface area contributed by atoms with Crippen LogP contribution in [-0.2, 0) is 9.59 Å². The van der Waals surface area contributed by atoms with E-state index in [1.807, 2.05) is 40.7 Å². The number of amides is 2. The van der Waals surface area contributed by atoms with Crippen molar-refractivity contribution in [2.24, 2.45) is 11.8 Å². The van der Waals surface area contributed by atoms with Gasteiger partial charge in [0.2, 0.25) is 11.8 Å². The third-order valence-corrected chi connectivity index (χ3v) is 5.68. The summed E-state index contributed by atoms with van der Waals surface area (Å²) in [7, 11) is 0. The van der Waals surface area contributed by atoms with E-state index < -0.39 is 0 Å². The molecule has 0 bridgehead atoms. The minimum Gasteiger partial charge on any atom is -0.341 e. The summed E-state index contributed by atoms with van der Waals surface area (Å²) in [5.41, 5.74) is 1.56. The van der Waals surface area contributed by atoms with Gasteiger partial charge in [0.1, 0.15) is 5.82 Å². The van der Waals surface area contributed by atoms with Gasteiger partial charge in [-0.05, 0) is 43.4 Å². The van der Waals surface area contributed by atoms with Crippen LogP contribution in [0.5, 0.6) is 0 Å². The number of thioether (sulfide) groups is 1. The Morgan fingerprint density at radius 2 is 1.93 bits per heavy atom. The minimum absolute atomic E-state index is 0.122. The monoisotopic (exact) mass is 401 g/mol. The molecule has 1 aliphatic rings. The first-order valence-electron chi connectivity index (χ1n) is 9.54. The number of nitrogens with one attached hydrogen (secondary N) is 1. The van der Waals surface area contributed by atoms with Crippen molar-refractivity contribution in [3.8, 4) is 5.69 Å². The molecule has 7 nitrogen and oxygen atoms in total. The number of piperidine rings is 1. The van der Waals surface area contributed by atoms with E-state index in [4.69, 9.17) is 0 Å². The number of benzene rings is 1. The predicted molar refractivity (Wildman–Crippen MR) is 111 cm³/mol. The molecule has 1 aromatic heterocycles. The van der Waals surface area contributed by atoms with Gasteiger partial charge in [-0.25, -0.2) is 0 Å². The molecule has 1 N–H and O–H groups in total. The van der Waals surface area contributed by atoms with E-state index in [9.17, 15) is 9.59 Å². The number of likely N-dealkylation sites (tertiary alicyclic amines) is 1. The van der Waals surface area contributed by atoms with Crippen molar-refractivity contribution in [1.29, 1.82) is 0 Å². The average Bonchev–Trinajstić information content (AvgIpc) is 2.99. The highest BCUT2D eigenvalue weighted by Crippen LogP contribution is 2.26. The van der Waals surface area contributed by atoms with E-state index in [1.165, 1.54) is 25.1 Å². The van der Waals surface area contributed by atoms with Gasteiger partial charge in [-0.3, -0.25) is 14.2 Å². The molecule has 28 heavy (non-hydrogen) atoms. The summed E-state index contributed by atoms with van der Waals surface area (Å²) in [5.74, 6) is 2.17. The number of rotatable bonds is 5. The summed E-state index contributed by atoms with van der Waals surface area (Å²) in [6.45, 7) is 9.41. The molecule has 3 rings (SSSR count). The molecule has 0 spiro atoms. The van der Waals surface area contributed by atoms with Crippen molar-refractivity contribution < 1.29 is 9.59 Å². The van der Waals surface area contributed by atoms with Gasteiger partial charge in [-0.15, -0.1) is 10.2 Å². The van der Waals surface area contributed by atoms with Crippen molar-refractivity contribution in [3.63, 3.8) is 0 Å². The Morgan fingerprint density at radius 1 is 1.21 bits per heavy atom. The molecule has 2 unspecified atom stereocenters. The van der Waals surface area contributed by atoms with E-state index in [-0.39, 0.29) is 11.8 Å². The van der Waals surface area contributed by atoms with Crippen LogP contribution >= 0.6 is 11.8 Å². The molecule has 0 aliphatic carbocycles. The summed E-state index contributed by atoms with van der Waals surface area (Å²) in [4.78, 5) is 26.0. The van der Waals surface area contributed by atoms with Crippen LogP contribution in [0.2, 0.25) is 0 Å². The molecule has 1 aliphatic heterocycles.